The summed E-state index contributed by atoms with van der Waals surface area (Å²) in [4.78, 5) is 23.7. The minimum Gasteiger partial charge on any atom is -0.481 e. The molecule has 0 radical (unpaired) electrons. The fourth-order valence-electron chi connectivity index (χ4n) is 2.98. The predicted octanol–water partition coefficient (Wildman–Crippen LogP) is 4.22. The molecule has 0 aliphatic heterocycles. The van der Waals surface area contributed by atoms with E-state index in [-0.39, 0.29) is 19.4 Å². The molecule has 0 aliphatic carbocycles. The van der Waals surface area contributed by atoms with Gasteiger partial charge in [0.1, 0.15) is 6.61 Å². The average molecular weight is 348 g/mol. The molecule has 0 heterocycles. The minimum absolute atomic E-state index is 0.147. The second kappa shape index (κ2) is 8.30. The molecule has 0 bridgehead atoms. The van der Waals surface area contributed by atoms with E-state index in [2.05, 4.69) is 0 Å². The van der Waals surface area contributed by atoms with Gasteiger partial charge < -0.3 is 9.84 Å². The standard InChI is InChI=1S/C22H20O4/c23-21(26-15-16-7-2-1-3-8-16)14-19(22(24)25)13-18-11-6-10-17-9-4-5-12-20(17)18/h1-12,19H,13-15H2,(H,24,25)/t19-/m1/s1. The Morgan fingerprint density at radius 1 is 0.885 bits per heavy atom. The van der Waals surface area contributed by atoms with E-state index in [0.717, 1.165) is 21.9 Å². The van der Waals surface area contributed by atoms with Crippen LogP contribution in [0.5, 0.6) is 0 Å². The van der Waals surface area contributed by atoms with Gasteiger partial charge in [-0.25, -0.2) is 0 Å². The number of carbonyl (C=O) groups excluding carboxylic acids is 1. The number of carboxylic acid groups (broad SMARTS) is 1. The van der Waals surface area contributed by atoms with Crippen LogP contribution in [-0.2, 0) is 27.4 Å². The number of aliphatic carboxylic acids is 1. The SMILES string of the molecule is O=C(C[C@@H](Cc1cccc2ccccc12)C(=O)O)OCc1ccccc1. The molecule has 3 aromatic rings. The molecular weight excluding hydrogens is 328 g/mol. The van der Waals surface area contributed by atoms with Gasteiger partial charge in [-0.3, -0.25) is 9.59 Å². The molecule has 0 spiro atoms. The fourth-order valence-corrected chi connectivity index (χ4v) is 2.98. The van der Waals surface area contributed by atoms with Gasteiger partial charge in [-0.2, -0.15) is 0 Å². The summed E-state index contributed by atoms with van der Waals surface area (Å²) < 4.78 is 5.23. The minimum atomic E-state index is -0.991. The van der Waals surface area contributed by atoms with E-state index in [1.807, 2.05) is 72.8 Å². The molecule has 1 atom stereocenters. The molecule has 3 rings (SSSR count). The number of rotatable bonds is 7. The summed E-state index contributed by atoms with van der Waals surface area (Å²) in [5, 5.41) is 11.6. The summed E-state index contributed by atoms with van der Waals surface area (Å²) in [5.41, 5.74) is 1.80. The number of hydrogen-bond donors (Lipinski definition) is 1. The maximum absolute atomic E-state index is 12.1. The lowest BCUT2D eigenvalue weighted by Gasteiger charge is -2.14. The van der Waals surface area contributed by atoms with E-state index < -0.39 is 17.9 Å². The van der Waals surface area contributed by atoms with Crippen molar-refractivity contribution in [3.63, 3.8) is 0 Å². The maximum atomic E-state index is 12.1. The highest BCUT2D eigenvalue weighted by molar-refractivity contribution is 5.86. The van der Waals surface area contributed by atoms with E-state index in [1.54, 1.807) is 0 Å². The summed E-state index contributed by atoms with van der Waals surface area (Å²) in [5.74, 6) is -2.31. The van der Waals surface area contributed by atoms with E-state index in [9.17, 15) is 14.7 Å². The van der Waals surface area contributed by atoms with Gasteiger partial charge in [0, 0.05) is 0 Å². The molecule has 0 aliphatic rings. The van der Waals surface area contributed by atoms with Gasteiger partial charge in [-0.15, -0.1) is 0 Å². The second-order valence-electron chi connectivity index (χ2n) is 6.23. The molecule has 0 aromatic heterocycles. The molecular formula is C22H20O4. The highest BCUT2D eigenvalue weighted by Crippen LogP contribution is 2.23. The fraction of sp³-hybridized carbons (Fsp3) is 0.182. The lowest BCUT2D eigenvalue weighted by atomic mass is 9.93. The first-order valence-corrected chi connectivity index (χ1v) is 8.52. The van der Waals surface area contributed by atoms with Crippen molar-refractivity contribution in [2.75, 3.05) is 0 Å². The zero-order valence-electron chi connectivity index (χ0n) is 14.3. The Kier molecular flexibility index (Phi) is 5.64. The molecule has 0 saturated heterocycles. The van der Waals surface area contributed by atoms with Crippen LogP contribution in [0, 0.1) is 5.92 Å². The van der Waals surface area contributed by atoms with Gasteiger partial charge in [0.2, 0.25) is 0 Å². The van der Waals surface area contributed by atoms with Crippen molar-refractivity contribution in [3.8, 4) is 0 Å². The molecule has 0 fully saturated rings. The first kappa shape index (κ1) is 17.7. The number of hydrogen-bond acceptors (Lipinski definition) is 3. The van der Waals surface area contributed by atoms with Crippen LogP contribution in [0.4, 0.5) is 0 Å². The normalized spacial score (nSPS) is 11.8. The van der Waals surface area contributed by atoms with Gasteiger partial charge in [0.25, 0.3) is 0 Å². The van der Waals surface area contributed by atoms with Gasteiger partial charge in [0.15, 0.2) is 0 Å². The first-order valence-electron chi connectivity index (χ1n) is 8.52. The van der Waals surface area contributed by atoms with Crippen molar-refractivity contribution in [2.45, 2.75) is 19.4 Å². The van der Waals surface area contributed by atoms with Crippen molar-refractivity contribution in [1.29, 1.82) is 0 Å². The van der Waals surface area contributed by atoms with Crippen LogP contribution in [0.1, 0.15) is 17.5 Å². The van der Waals surface area contributed by atoms with Gasteiger partial charge in [-0.05, 0) is 28.3 Å². The lowest BCUT2D eigenvalue weighted by molar-refractivity contribution is -0.152. The Morgan fingerprint density at radius 2 is 1.58 bits per heavy atom. The van der Waals surface area contributed by atoms with E-state index >= 15 is 0 Å². The zero-order chi connectivity index (χ0) is 18.4. The van der Waals surface area contributed by atoms with Crippen LogP contribution >= 0.6 is 0 Å². The summed E-state index contributed by atoms with van der Waals surface area (Å²) in [6, 6.07) is 23.0. The van der Waals surface area contributed by atoms with Crippen LogP contribution in [0.25, 0.3) is 10.8 Å². The van der Waals surface area contributed by atoms with Crippen molar-refractivity contribution in [1.82, 2.24) is 0 Å². The monoisotopic (exact) mass is 348 g/mol. The quantitative estimate of drug-likeness (QED) is 0.650. The molecule has 26 heavy (non-hydrogen) atoms. The second-order valence-corrected chi connectivity index (χ2v) is 6.23. The number of benzene rings is 3. The Balaban J connectivity index is 1.67. The van der Waals surface area contributed by atoms with Gasteiger partial charge in [0.05, 0.1) is 12.3 Å². The van der Waals surface area contributed by atoms with Crippen molar-refractivity contribution in [2.24, 2.45) is 5.92 Å². The topological polar surface area (TPSA) is 63.6 Å². The van der Waals surface area contributed by atoms with Crippen LogP contribution in [-0.4, -0.2) is 17.0 Å². The van der Waals surface area contributed by atoms with Gasteiger partial charge in [-0.1, -0.05) is 72.8 Å². The van der Waals surface area contributed by atoms with Crippen molar-refractivity contribution in [3.05, 3.63) is 83.9 Å². The van der Waals surface area contributed by atoms with Gasteiger partial charge >= 0.3 is 11.9 Å². The number of carbonyl (C=O) groups is 2. The van der Waals surface area contributed by atoms with E-state index in [1.165, 1.54) is 0 Å². The van der Waals surface area contributed by atoms with Crippen LogP contribution in [0.15, 0.2) is 72.8 Å². The van der Waals surface area contributed by atoms with E-state index in [4.69, 9.17) is 4.74 Å². The lowest BCUT2D eigenvalue weighted by Crippen LogP contribution is -2.21. The summed E-state index contributed by atoms with van der Waals surface area (Å²) >= 11 is 0. The highest BCUT2D eigenvalue weighted by Gasteiger charge is 2.23. The molecule has 1 N–H and O–H groups in total. The summed E-state index contributed by atoms with van der Waals surface area (Å²) in [7, 11) is 0. The molecule has 0 unspecified atom stereocenters. The third-order valence-electron chi connectivity index (χ3n) is 4.35. The van der Waals surface area contributed by atoms with Crippen molar-refractivity contribution < 1.29 is 19.4 Å². The third kappa shape index (κ3) is 4.48. The largest absolute Gasteiger partial charge is 0.481 e. The zero-order valence-corrected chi connectivity index (χ0v) is 14.3. The third-order valence-corrected chi connectivity index (χ3v) is 4.35. The van der Waals surface area contributed by atoms with Crippen molar-refractivity contribution >= 4 is 22.7 Å². The first-order chi connectivity index (χ1) is 12.6. The average Bonchev–Trinajstić information content (AvgIpc) is 2.67. The maximum Gasteiger partial charge on any atom is 0.307 e. The Labute approximate surface area is 152 Å². The smallest absolute Gasteiger partial charge is 0.307 e. The molecule has 3 aromatic carbocycles. The number of esters is 1. The summed E-state index contributed by atoms with van der Waals surface area (Å²) in [6.07, 6.45) is 0.141. The number of fused-ring (bicyclic) bond motifs is 1. The molecule has 0 amide bonds. The summed E-state index contributed by atoms with van der Waals surface area (Å²) in [6.45, 7) is 0.153. The highest BCUT2D eigenvalue weighted by atomic mass is 16.5. The Bertz CT molecular complexity index is 897. The van der Waals surface area contributed by atoms with E-state index in [0.29, 0.717) is 0 Å². The predicted molar refractivity (Wildman–Crippen MR) is 99.6 cm³/mol. The number of carboxylic acids is 1. The number of ether oxygens (including phenoxy) is 1. The Hall–Kier alpha value is -3.14. The molecule has 4 heteroatoms. The van der Waals surface area contributed by atoms with Crippen LogP contribution in [0.3, 0.4) is 0 Å². The van der Waals surface area contributed by atoms with Crippen LogP contribution in [0.2, 0.25) is 0 Å². The van der Waals surface area contributed by atoms with Crippen LogP contribution < -0.4 is 0 Å². The molecule has 0 saturated carbocycles. The Morgan fingerprint density at radius 3 is 2.35 bits per heavy atom. The molecule has 132 valence electrons. The molecule has 4 nitrogen and oxygen atoms in total.